The number of thiazole rings is 1. The molecule has 1 atom stereocenters. The second kappa shape index (κ2) is 8.98. The van der Waals surface area contributed by atoms with Gasteiger partial charge in [0.2, 0.25) is 5.88 Å². The normalized spacial score (nSPS) is 15.4. The Morgan fingerprint density at radius 3 is 2.94 bits per heavy atom. The third-order valence-corrected chi connectivity index (χ3v) is 6.12. The summed E-state index contributed by atoms with van der Waals surface area (Å²) in [6.07, 6.45) is 4.97. The van der Waals surface area contributed by atoms with Crippen molar-refractivity contribution in [3.05, 3.63) is 47.0 Å². The van der Waals surface area contributed by atoms with Crippen LogP contribution >= 0.6 is 22.9 Å². The van der Waals surface area contributed by atoms with Gasteiger partial charge in [0.1, 0.15) is 11.7 Å². The number of ether oxygens (including phenoxy) is 1. The van der Waals surface area contributed by atoms with Gasteiger partial charge in [-0.15, -0.1) is 16.4 Å². The lowest BCUT2D eigenvalue weighted by Gasteiger charge is -2.37. The van der Waals surface area contributed by atoms with Crippen LogP contribution in [0.5, 0.6) is 5.88 Å². The molecule has 0 spiro atoms. The fourth-order valence-electron chi connectivity index (χ4n) is 3.40. The highest BCUT2D eigenvalue weighted by Crippen LogP contribution is 2.26. The Hall–Kier alpha value is -3.19. The first-order chi connectivity index (χ1) is 16.0. The van der Waals surface area contributed by atoms with Crippen molar-refractivity contribution in [1.29, 1.82) is 0 Å². The lowest BCUT2D eigenvalue weighted by molar-refractivity contribution is -0.125. The van der Waals surface area contributed by atoms with Crippen molar-refractivity contribution in [2.24, 2.45) is 0 Å². The van der Waals surface area contributed by atoms with Crippen molar-refractivity contribution in [3.8, 4) is 11.7 Å². The molecule has 0 saturated carbocycles. The lowest BCUT2D eigenvalue weighted by atomic mass is 10.1. The molecule has 1 amide bonds. The average Bonchev–Trinajstić information content (AvgIpc) is 3.38. The number of hydrogen-bond acceptors (Lipinski definition) is 10. The summed E-state index contributed by atoms with van der Waals surface area (Å²) in [4.78, 5) is 32.8. The van der Waals surface area contributed by atoms with Crippen LogP contribution in [0.4, 0.5) is 5.13 Å². The maximum Gasteiger partial charge on any atom is 0.268 e. The monoisotopic (exact) mass is 486 g/mol. The number of amides is 1. The molecule has 5 heterocycles. The quantitative estimate of drug-likeness (QED) is 0.400. The molecule has 13 heteroatoms. The Kier molecular flexibility index (Phi) is 5.89. The highest BCUT2D eigenvalue weighted by Gasteiger charge is 2.32. The molecule has 0 aliphatic carbocycles. The summed E-state index contributed by atoms with van der Waals surface area (Å²) in [6, 6.07) is 3.44. The number of anilines is 1. The number of rotatable bonds is 7. The van der Waals surface area contributed by atoms with Gasteiger partial charge < -0.3 is 9.84 Å². The van der Waals surface area contributed by atoms with E-state index in [1.165, 1.54) is 22.3 Å². The van der Waals surface area contributed by atoms with E-state index in [4.69, 9.17) is 16.3 Å². The Bertz CT molecular complexity index is 1310. The second-order valence-corrected chi connectivity index (χ2v) is 9.18. The number of β-amino-alcohol motifs (C(OH)–C–C–N with tert-alkyl or cyclic N) is 1. The maximum atomic E-state index is 13.0. The summed E-state index contributed by atoms with van der Waals surface area (Å²) < 4.78 is 7.57. The van der Waals surface area contributed by atoms with Crippen molar-refractivity contribution >= 4 is 45.0 Å². The first-order valence-electron chi connectivity index (χ1n) is 10.1. The molecule has 2 N–H and O–H groups in total. The number of halogens is 1. The summed E-state index contributed by atoms with van der Waals surface area (Å²) in [7, 11) is 0. The number of pyridine rings is 1. The van der Waals surface area contributed by atoms with Crippen molar-refractivity contribution in [2.75, 3.05) is 25.0 Å². The van der Waals surface area contributed by atoms with Crippen LogP contribution in [0.15, 0.2) is 37.1 Å². The SMILES string of the molecule is Cc1cnc(NC(=O)[C@H](CN2CC(O)C2)Oc2ncnc3nn(-c4ncccc4Cl)cc23)s1. The molecule has 33 heavy (non-hydrogen) atoms. The van der Waals surface area contributed by atoms with Gasteiger partial charge in [0.05, 0.1) is 11.1 Å². The Morgan fingerprint density at radius 2 is 2.21 bits per heavy atom. The van der Waals surface area contributed by atoms with Gasteiger partial charge >= 0.3 is 0 Å². The number of likely N-dealkylation sites (tertiary alicyclic amines) is 1. The number of nitrogens with one attached hydrogen (secondary N) is 1. The van der Waals surface area contributed by atoms with Gasteiger partial charge in [0.25, 0.3) is 5.91 Å². The van der Waals surface area contributed by atoms with Crippen molar-refractivity contribution < 1.29 is 14.6 Å². The van der Waals surface area contributed by atoms with Crippen molar-refractivity contribution in [1.82, 2.24) is 34.6 Å². The van der Waals surface area contributed by atoms with Gasteiger partial charge in [-0.2, -0.15) is 0 Å². The predicted octanol–water partition coefficient (Wildman–Crippen LogP) is 1.69. The molecule has 1 fully saturated rings. The number of hydrogen-bond donors (Lipinski definition) is 2. The van der Waals surface area contributed by atoms with Crippen LogP contribution in [0.1, 0.15) is 4.88 Å². The second-order valence-electron chi connectivity index (χ2n) is 7.54. The van der Waals surface area contributed by atoms with Gasteiger partial charge in [-0.05, 0) is 19.1 Å². The third kappa shape index (κ3) is 4.64. The van der Waals surface area contributed by atoms with Crippen molar-refractivity contribution in [3.63, 3.8) is 0 Å². The molecule has 0 unspecified atom stereocenters. The average molecular weight is 487 g/mol. The molecule has 1 aliphatic heterocycles. The summed E-state index contributed by atoms with van der Waals surface area (Å²) in [5, 5.41) is 18.3. The van der Waals surface area contributed by atoms with Gasteiger partial charge in [0, 0.05) is 43.1 Å². The highest BCUT2D eigenvalue weighted by molar-refractivity contribution is 7.15. The molecule has 4 aromatic heterocycles. The minimum absolute atomic E-state index is 0.204. The standard InChI is InChI=1S/C20H19ClN8O3S/c1-11-5-23-20(33-11)26-18(31)15(9-28-6-12(30)7-28)32-19-13-8-29(27-16(13)24-10-25-19)17-14(21)3-2-4-22-17/h2-5,8,10,12,15,30H,6-7,9H2,1H3,(H,23,26,31)/t15-/m0/s1. The van der Waals surface area contributed by atoms with Gasteiger partial charge in [-0.25, -0.2) is 24.6 Å². The molecular weight excluding hydrogens is 468 g/mol. The van der Waals surface area contributed by atoms with Crippen LogP contribution in [0.25, 0.3) is 16.9 Å². The van der Waals surface area contributed by atoms with E-state index in [9.17, 15) is 9.90 Å². The number of aliphatic hydroxyl groups excluding tert-OH is 1. The van der Waals surface area contributed by atoms with Crippen LogP contribution in [-0.2, 0) is 4.79 Å². The number of aromatic nitrogens is 6. The third-order valence-electron chi connectivity index (χ3n) is 5.00. The molecule has 1 aliphatic rings. The lowest BCUT2D eigenvalue weighted by Crippen LogP contribution is -2.55. The van der Waals surface area contributed by atoms with Crippen LogP contribution < -0.4 is 10.1 Å². The molecule has 0 aromatic carbocycles. The number of aliphatic hydroxyl groups is 1. The van der Waals surface area contributed by atoms with Gasteiger partial charge in [-0.3, -0.25) is 15.0 Å². The summed E-state index contributed by atoms with van der Waals surface area (Å²) in [5.74, 6) is 0.277. The van der Waals surface area contributed by atoms with E-state index in [0.717, 1.165) is 4.88 Å². The fraction of sp³-hybridized carbons (Fsp3) is 0.300. The van der Waals surface area contributed by atoms with E-state index in [-0.39, 0.29) is 18.3 Å². The van der Waals surface area contributed by atoms with Crippen molar-refractivity contribution in [2.45, 2.75) is 19.1 Å². The first-order valence-corrected chi connectivity index (χ1v) is 11.3. The minimum atomic E-state index is -0.901. The van der Waals surface area contributed by atoms with E-state index >= 15 is 0 Å². The fourth-order valence-corrected chi connectivity index (χ4v) is 4.27. The smallest absolute Gasteiger partial charge is 0.268 e. The summed E-state index contributed by atoms with van der Waals surface area (Å²) in [6.45, 7) is 3.13. The Balaban J connectivity index is 1.43. The van der Waals surface area contributed by atoms with E-state index in [1.54, 1.807) is 30.7 Å². The first kappa shape index (κ1) is 21.6. The topological polar surface area (TPSA) is 131 Å². The van der Waals surface area contributed by atoms with Crippen LogP contribution in [-0.4, -0.2) is 77.5 Å². The van der Waals surface area contributed by atoms with E-state index in [1.807, 2.05) is 11.8 Å². The molecular formula is C20H19ClN8O3S. The Morgan fingerprint density at radius 1 is 1.36 bits per heavy atom. The summed E-state index contributed by atoms with van der Waals surface area (Å²) in [5.41, 5.74) is 0.371. The van der Waals surface area contributed by atoms with E-state index in [2.05, 4.69) is 30.4 Å². The largest absolute Gasteiger partial charge is 0.462 e. The number of fused-ring (bicyclic) bond motifs is 1. The number of aryl methyl sites for hydroxylation is 1. The molecule has 4 aromatic rings. The zero-order chi connectivity index (χ0) is 22.9. The molecule has 1 saturated heterocycles. The minimum Gasteiger partial charge on any atom is -0.462 e. The van der Waals surface area contributed by atoms with Crippen LogP contribution in [0.2, 0.25) is 5.02 Å². The van der Waals surface area contributed by atoms with E-state index < -0.39 is 12.2 Å². The van der Waals surface area contributed by atoms with Crippen LogP contribution in [0, 0.1) is 6.92 Å². The predicted molar refractivity (Wildman–Crippen MR) is 122 cm³/mol. The number of nitrogens with zero attached hydrogens (tertiary/aromatic N) is 7. The molecule has 0 radical (unpaired) electrons. The zero-order valence-corrected chi connectivity index (χ0v) is 19.0. The van der Waals surface area contributed by atoms with Gasteiger partial charge in [0.15, 0.2) is 22.7 Å². The molecule has 0 bridgehead atoms. The van der Waals surface area contributed by atoms with Gasteiger partial charge in [-0.1, -0.05) is 11.6 Å². The number of carbonyl (C=O) groups is 1. The van der Waals surface area contributed by atoms with E-state index in [0.29, 0.717) is 40.1 Å². The maximum absolute atomic E-state index is 13.0. The molecule has 11 nitrogen and oxygen atoms in total. The summed E-state index contributed by atoms with van der Waals surface area (Å²) >= 11 is 7.62. The van der Waals surface area contributed by atoms with Crippen LogP contribution in [0.3, 0.4) is 0 Å². The molecule has 5 rings (SSSR count). The Labute approximate surface area is 197 Å². The highest BCUT2D eigenvalue weighted by atomic mass is 35.5. The number of carbonyl (C=O) groups excluding carboxylic acids is 1. The molecule has 170 valence electrons. The zero-order valence-electron chi connectivity index (χ0n) is 17.4.